The molecule has 2 heterocycles. The highest BCUT2D eigenvalue weighted by molar-refractivity contribution is 8.00. The number of carbonyl (C=O) groups excluding carboxylic acids is 1. The molecule has 1 amide bonds. The normalized spacial score (nSPS) is 18.5. The van der Waals surface area contributed by atoms with E-state index in [1.807, 2.05) is 16.7 Å². The van der Waals surface area contributed by atoms with Crippen molar-refractivity contribution in [3.8, 4) is 0 Å². The Morgan fingerprint density at radius 2 is 2.39 bits per heavy atom. The van der Waals surface area contributed by atoms with E-state index in [1.54, 1.807) is 18.5 Å². The minimum atomic E-state index is -0.00979. The lowest BCUT2D eigenvalue weighted by Gasteiger charge is -2.37. The standard InChI is InChI=1S/C12H18N4OS/c1-12(2)8-16(5-6-18-12)11(17)9-7-14-4-3-10(9)15-13/h3-4,7H,5-6,8,13H2,1-2H3,(H,14,15). The number of hydrazine groups is 1. The lowest BCUT2D eigenvalue weighted by Crippen LogP contribution is -2.46. The summed E-state index contributed by atoms with van der Waals surface area (Å²) >= 11 is 1.90. The second kappa shape index (κ2) is 5.16. The molecule has 0 unspecified atom stereocenters. The monoisotopic (exact) mass is 266 g/mol. The maximum Gasteiger partial charge on any atom is 0.257 e. The number of pyridine rings is 1. The van der Waals surface area contributed by atoms with E-state index < -0.39 is 0 Å². The number of thioether (sulfide) groups is 1. The van der Waals surface area contributed by atoms with Gasteiger partial charge in [0.15, 0.2) is 0 Å². The van der Waals surface area contributed by atoms with E-state index in [2.05, 4.69) is 24.3 Å². The van der Waals surface area contributed by atoms with E-state index in [4.69, 9.17) is 5.84 Å². The van der Waals surface area contributed by atoms with Crippen molar-refractivity contribution in [1.29, 1.82) is 0 Å². The molecule has 1 fully saturated rings. The molecule has 98 valence electrons. The molecule has 0 aromatic carbocycles. The first kappa shape index (κ1) is 13.2. The van der Waals surface area contributed by atoms with E-state index in [1.165, 1.54) is 0 Å². The molecule has 0 saturated carbocycles. The summed E-state index contributed by atoms with van der Waals surface area (Å²) in [5, 5.41) is 0. The molecule has 18 heavy (non-hydrogen) atoms. The van der Waals surface area contributed by atoms with Crippen molar-refractivity contribution in [2.75, 3.05) is 24.3 Å². The first-order chi connectivity index (χ1) is 8.53. The van der Waals surface area contributed by atoms with Crippen LogP contribution in [-0.4, -0.2) is 39.4 Å². The summed E-state index contributed by atoms with van der Waals surface area (Å²) in [6.07, 6.45) is 3.17. The fourth-order valence-corrected chi connectivity index (χ4v) is 3.16. The van der Waals surface area contributed by atoms with Gasteiger partial charge in [-0.05, 0) is 19.9 Å². The molecule has 3 N–H and O–H groups in total. The van der Waals surface area contributed by atoms with E-state index in [9.17, 15) is 4.79 Å². The molecular formula is C12H18N4OS. The Morgan fingerprint density at radius 1 is 1.61 bits per heavy atom. The van der Waals surface area contributed by atoms with E-state index in [0.717, 1.165) is 18.8 Å². The Morgan fingerprint density at radius 3 is 3.06 bits per heavy atom. The molecule has 0 aliphatic carbocycles. The van der Waals surface area contributed by atoms with Gasteiger partial charge in [0.05, 0.1) is 11.3 Å². The van der Waals surface area contributed by atoms with Crippen LogP contribution in [0.2, 0.25) is 0 Å². The highest BCUT2D eigenvalue weighted by atomic mass is 32.2. The van der Waals surface area contributed by atoms with Crippen molar-refractivity contribution in [3.05, 3.63) is 24.0 Å². The Hall–Kier alpha value is -1.27. The fourth-order valence-electron chi connectivity index (χ4n) is 2.05. The van der Waals surface area contributed by atoms with Crippen molar-refractivity contribution in [1.82, 2.24) is 9.88 Å². The van der Waals surface area contributed by atoms with Gasteiger partial charge in [-0.25, -0.2) is 0 Å². The number of nitrogens with zero attached hydrogens (tertiary/aromatic N) is 2. The van der Waals surface area contributed by atoms with Crippen molar-refractivity contribution in [3.63, 3.8) is 0 Å². The van der Waals surface area contributed by atoms with Crippen LogP contribution in [0.4, 0.5) is 5.69 Å². The quantitative estimate of drug-likeness (QED) is 0.624. The zero-order valence-corrected chi connectivity index (χ0v) is 11.5. The Labute approximate surface area is 111 Å². The molecule has 1 saturated heterocycles. The number of rotatable bonds is 2. The highest BCUT2D eigenvalue weighted by Gasteiger charge is 2.30. The fraction of sp³-hybridized carbons (Fsp3) is 0.500. The molecule has 0 radical (unpaired) electrons. The molecule has 6 heteroatoms. The van der Waals surface area contributed by atoms with Gasteiger partial charge in [-0.3, -0.25) is 15.6 Å². The average molecular weight is 266 g/mol. The number of aromatic nitrogens is 1. The van der Waals surface area contributed by atoms with E-state index in [-0.39, 0.29) is 10.7 Å². The molecule has 1 aromatic rings. The predicted octanol–water partition coefficient (Wildman–Crippen LogP) is 1.33. The summed E-state index contributed by atoms with van der Waals surface area (Å²) in [6, 6.07) is 1.71. The molecule has 1 aliphatic rings. The molecular weight excluding hydrogens is 248 g/mol. The smallest absolute Gasteiger partial charge is 0.257 e. The number of nitrogen functional groups attached to an aromatic ring is 1. The van der Waals surface area contributed by atoms with Gasteiger partial charge in [-0.15, -0.1) is 0 Å². The summed E-state index contributed by atoms with van der Waals surface area (Å²) in [6.45, 7) is 5.83. The molecule has 1 aromatic heterocycles. The Balaban J connectivity index is 2.20. The van der Waals surface area contributed by atoms with Crippen molar-refractivity contribution >= 4 is 23.4 Å². The van der Waals surface area contributed by atoms with Crippen molar-refractivity contribution < 1.29 is 4.79 Å². The number of hydrogen-bond donors (Lipinski definition) is 2. The molecule has 0 bridgehead atoms. The van der Waals surface area contributed by atoms with Crippen LogP contribution >= 0.6 is 11.8 Å². The largest absolute Gasteiger partial charge is 0.336 e. The molecule has 0 atom stereocenters. The van der Waals surface area contributed by atoms with Crippen molar-refractivity contribution in [2.24, 2.45) is 5.84 Å². The number of nitrogens with two attached hydrogens (primary N) is 1. The Bertz CT molecular complexity index is 449. The summed E-state index contributed by atoms with van der Waals surface area (Å²) < 4.78 is 0.104. The summed E-state index contributed by atoms with van der Waals surface area (Å²) in [4.78, 5) is 18.3. The van der Waals surface area contributed by atoms with Gasteiger partial charge in [0.2, 0.25) is 0 Å². The van der Waals surface area contributed by atoms with Gasteiger partial charge in [-0.2, -0.15) is 11.8 Å². The van der Waals surface area contributed by atoms with Crippen LogP contribution in [0.1, 0.15) is 24.2 Å². The topological polar surface area (TPSA) is 71.2 Å². The minimum absolute atomic E-state index is 0.00979. The van der Waals surface area contributed by atoms with Crippen LogP contribution in [0.15, 0.2) is 18.5 Å². The average Bonchev–Trinajstić information content (AvgIpc) is 2.36. The molecule has 1 aliphatic heterocycles. The van der Waals surface area contributed by atoms with Crippen LogP contribution in [0.25, 0.3) is 0 Å². The minimum Gasteiger partial charge on any atom is -0.336 e. The maximum atomic E-state index is 12.4. The maximum absolute atomic E-state index is 12.4. The summed E-state index contributed by atoms with van der Waals surface area (Å²) in [7, 11) is 0. The molecule has 2 rings (SSSR count). The van der Waals surface area contributed by atoms with Gasteiger partial charge < -0.3 is 10.3 Å². The zero-order valence-electron chi connectivity index (χ0n) is 10.6. The highest BCUT2D eigenvalue weighted by Crippen LogP contribution is 2.30. The summed E-state index contributed by atoms with van der Waals surface area (Å²) in [5.74, 6) is 6.37. The number of anilines is 1. The number of amides is 1. The van der Waals surface area contributed by atoms with Gasteiger partial charge in [0, 0.05) is 36.0 Å². The summed E-state index contributed by atoms with van der Waals surface area (Å²) in [5.41, 5.74) is 3.69. The van der Waals surface area contributed by atoms with Gasteiger partial charge >= 0.3 is 0 Å². The lowest BCUT2D eigenvalue weighted by molar-refractivity contribution is 0.0748. The lowest BCUT2D eigenvalue weighted by atomic mass is 10.1. The van der Waals surface area contributed by atoms with Crippen LogP contribution < -0.4 is 11.3 Å². The number of hydrogen-bond acceptors (Lipinski definition) is 5. The first-order valence-electron chi connectivity index (χ1n) is 5.87. The van der Waals surface area contributed by atoms with Gasteiger partial charge in [-0.1, -0.05) is 0 Å². The third-order valence-corrected chi connectivity index (χ3v) is 4.22. The third kappa shape index (κ3) is 2.76. The van der Waals surface area contributed by atoms with E-state index in [0.29, 0.717) is 11.3 Å². The van der Waals surface area contributed by atoms with Gasteiger partial charge in [0.25, 0.3) is 5.91 Å². The third-order valence-electron chi connectivity index (χ3n) is 2.92. The van der Waals surface area contributed by atoms with Crippen LogP contribution in [-0.2, 0) is 0 Å². The first-order valence-corrected chi connectivity index (χ1v) is 6.86. The van der Waals surface area contributed by atoms with E-state index >= 15 is 0 Å². The van der Waals surface area contributed by atoms with Crippen LogP contribution in [0.5, 0.6) is 0 Å². The number of carbonyl (C=O) groups is 1. The SMILES string of the molecule is CC1(C)CN(C(=O)c2cnccc2NN)CCS1. The number of nitrogens with one attached hydrogen (secondary N) is 1. The van der Waals surface area contributed by atoms with Crippen LogP contribution in [0, 0.1) is 0 Å². The Kier molecular flexibility index (Phi) is 3.77. The zero-order chi connectivity index (χ0) is 13.2. The van der Waals surface area contributed by atoms with Crippen molar-refractivity contribution in [2.45, 2.75) is 18.6 Å². The van der Waals surface area contributed by atoms with Crippen LogP contribution in [0.3, 0.4) is 0 Å². The molecule has 0 spiro atoms. The second-order valence-corrected chi connectivity index (χ2v) is 6.70. The predicted molar refractivity (Wildman–Crippen MR) is 74.5 cm³/mol. The second-order valence-electron chi connectivity index (χ2n) is 4.90. The van der Waals surface area contributed by atoms with Gasteiger partial charge in [0.1, 0.15) is 0 Å². The molecule has 5 nitrogen and oxygen atoms in total.